The summed E-state index contributed by atoms with van der Waals surface area (Å²) in [6.07, 6.45) is 0. The Labute approximate surface area is 145 Å². The number of hydrogen-bond acceptors (Lipinski definition) is 4. The van der Waals surface area contributed by atoms with Crippen LogP contribution in [0.1, 0.15) is 27.6 Å². The molecule has 0 saturated carbocycles. The van der Waals surface area contributed by atoms with E-state index in [1.807, 2.05) is 73.4 Å². The second-order valence-electron chi connectivity index (χ2n) is 5.76. The average Bonchev–Trinajstić information content (AvgIpc) is 3.08. The minimum atomic E-state index is 0.112. The molecule has 0 bridgehead atoms. The van der Waals surface area contributed by atoms with Crippen molar-refractivity contribution in [1.29, 1.82) is 0 Å². The van der Waals surface area contributed by atoms with Gasteiger partial charge in [-0.05, 0) is 39.0 Å². The third-order valence-corrected chi connectivity index (χ3v) is 5.15. The summed E-state index contributed by atoms with van der Waals surface area (Å²) < 4.78 is 4.01. The standard InChI is InChI=1S/C18H20N4OS/c1-12-10-16(13(2)21(12)4)17(23)11-24-18-20-19-14(3)22(18)15-8-6-5-7-9-15/h5-10H,11H2,1-4H3. The Hall–Kier alpha value is -2.34. The van der Waals surface area contributed by atoms with Crippen LogP contribution in [0.15, 0.2) is 41.6 Å². The summed E-state index contributed by atoms with van der Waals surface area (Å²) in [6, 6.07) is 11.9. The minimum Gasteiger partial charge on any atom is -0.351 e. The number of para-hydroxylation sites is 1. The van der Waals surface area contributed by atoms with Crippen molar-refractivity contribution in [3.05, 3.63) is 59.2 Å². The molecule has 0 unspecified atom stereocenters. The maximum Gasteiger partial charge on any atom is 0.196 e. The summed E-state index contributed by atoms with van der Waals surface area (Å²) in [6.45, 7) is 5.89. The SMILES string of the molecule is Cc1cc(C(=O)CSc2nnc(C)n2-c2ccccc2)c(C)n1C. The van der Waals surface area contributed by atoms with Gasteiger partial charge >= 0.3 is 0 Å². The number of carbonyl (C=O) groups excluding carboxylic acids is 1. The van der Waals surface area contributed by atoms with Gasteiger partial charge in [0, 0.05) is 29.7 Å². The first kappa shape index (κ1) is 16.5. The number of benzene rings is 1. The normalized spacial score (nSPS) is 11.0. The van der Waals surface area contributed by atoms with E-state index in [1.165, 1.54) is 11.8 Å². The van der Waals surface area contributed by atoms with Gasteiger partial charge in [0.2, 0.25) is 0 Å². The molecule has 1 aromatic carbocycles. The first-order valence-corrected chi connectivity index (χ1v) is 8.74. The first-order valence-electron chi connectivity index (χ1n) is 7.75. The van der Waals surface area contributed by atoms with Crippen molar-refractivity contribution < 1.29 is 4.79 Å². The molecule has 6 heteroatoms. The van der Waals surface area contributed by atoms with E-state index in [0.29, 0.717) is 5.75 Å². The lowest BCUT2D eigenvalue weighted by atomic mass is 10.2. The molecular weight excluding hydrogens is 320 g/mol. The number of thioether (sulfide) groups is 1. The zero-order chi connectivity index (χ0) is 17.3. The van der Waals surface area contributed by atoms with E-state index in [2.05, 4.69) is 10.2 Å². The fourth-order valence-corrected chi connectivity index (χ4v) is 3.54. The molecule has 0 aliphatic carbocycles. The molecule has 0 spiro atoms. The van der Waals surface area contributed by atoms with Gasteiger partial charge in [0.15, 0.2) is 10.9 Å². The number of Topliss-reactive ketones (excluding diaryl/α,β-unsaturated/α-hetero) is 1. The number of nitrogens with zero attached hydrogens (tertiary/aromatic N) is 4. The zero-order valence-corrected chi connectivity index (χ0v) is 15.1. The molecule has 124 valence electrons. The molecule has 0 amide bonds. The maximum atomic E-state index is 12.6. The van der Waals surface area contributed by atoms with Gasteiger partial charge in [-0.15, -0.1) is 10.2 Å². The Kier molecular flexibility index (Phi) is 4.57. The van der Waals surface area contributed by atoms with Crippen LogP contribution in [-0.4, -0.2) is 30.9 Å². The predicted octanol–water partition coefficient (Wildman–Crippen LogP) is 3.51. The topological polar surface area (TPSA) is 52.7 Å². The second kappa shape index (κ2) is 6.65. The second-order valence-corrected chi connectivity index (χ2v) is 6.70. The van der Waals surface area contributed by atoms with E-state index in [1.54, 1.807) is 0 Å². The van der Waals surface area contributed by atoms with Crippen LogP contribution in [0.3, 0.4) is 0 Å². The van der Waals surface area contributed by atoms with Crippen molar-refractivity contribution in [3.8, 4) is 5.69 Å². The Morgan fingerprint density at radius 1 is 1.12 bits per heavy atom. The van der Waals surface area contributed by atoms with Gasteiger partial charge in [-0.25, -0.2) is 0 Å². The van der Waals surface area contributed by atoms with E-state index in [-0.39, 0.29) is 5.78 Å². The predicted molar refractivity (Wildman–Crippen MR) is 96.0 cm³/mol. The van der Waals surface area contributed by atoms with Gasteiger partial charge in [-0.2, -0.15) is 0 Å². The third-order valence-electron chi connectivity index (χ3n) is 4.22. The summed E-state index contributed by atoms with van der Waals surface area (Å²) in [5.74, 6) is 1.26. The van der Waals surface area contributed by atoms with Crippen LogP contribution in [0.25, 0.3) is 5.69 Å². The number of aryl methyl sites for hydroxylation is 2. The van der Waals surface area contributed by atoms with Gasteiger partial charge in [0.25, 0.3) is 0 Å². The van der Waals surface area contributed by atoms with Crippen LogP contribution in [-0.2, 0) is 7.05 Å². The maximum absolute atomic E-state index is 12.6. The van der Waals surface area contributed by atoms with Gasteiger partial charge in [0.1, 0.15) is 5.82 Å². The van der Waals surface area contributed by atoms with Gasteiger partial charge in [-0.1, -0.05) is 30.0 Å². The monoisotopic (exact) mass is 340 g/mol. The third kappa shape index (κ3) is 3.01. The number of rotatable bonds is 5. The summed E-state index contributed by atoms with van der Waals surface area (Å²) >= 11 is 1.42. The lowest BCUT2D eigenvalue weighted by Gasteiger charge is -2.08. The molecule has 5 nitrogen and oxygen atoms in total. The van der Waals surface area contributed by atoms with E-state index < -0.39 is 0 Å². The Morgan fingerprint density at radius 2 is 1.83 bits per heavy atom. The zero-order valence-electron chi connectivity index (χ0n) is 14.3. The highest BCUT2D eigenvalue weighted by Crippen LogP contribution is 2.23. The fraction of sp³-hybridized carbons (Fsp3) is 0.278. The Bertz CT molecular complexity index is 880. The summed E-state index contributed by atoms with van der Waals surface area (Å²) in [5, 5.41) is 9.11. The lowest BCUT2D eigenvalue weighted by molar-refractivity contribution is 0.102. The van der Waals surface area contributed by atoms with Crippen molar-refractivity contribution in [1.82, 2.24) is 19.3 Å². The van der Waals surface area contributed by atoms with E-state index in [9.17, 15) is 4.79 Å². The quantitative estimate of drug-likeness (QED) is 0.527. The highest BCUT2D eigenvalue weighted by molar-refractivity contribution is 7.99. The molecule has 0 aliphatic heterocycles. The molecule has 0 fully saturated rings. The summed E-state index contributed by atoms with van der Waals surface area (Å²) in [5.41, 5.74) is 3.87. The van der Waals surface area contributed by atoms with Crippen LogP contribution in [0.2, 0.25) is 0 Å². The van der Waals surface area contributed by atoms with Gasteiger partial charge < -0.3 is 4.57 Å². The molecule has 0 atom stereocenters. The molecule has 2 heterocycles. The number of aromatic nitrogens is 4. The molecule has 0 saturated heterocycles. The smallest absolute Gasteiger partial charge is 0.196 e. The summed E-state index contributed by atoms with van der Waals surface area (Å²) in [7, 11) is 1.98. The molecule has 3 aromatic rings. The molecule has 24 heavy (non-hydrogen) atoms. The van der Waals surface area contributed by atoms with Crippen molar-refractivity contribution in [3.63, 3.8) is 0 Å². The minimum absolute atomic E-state index is 0.112. The highest BCUT2D eigenvalue weighted by atomic mass is 32.2. The Morgan fingerprint density at radius 3 is 2.46 bits per heavy atom. The molecular formula is C18H20N4OS. The van der Waals surface area contributed by atoms with Crippen molar-refractivity contribution in [2.75, 3.05) is 5.75 Å². The largest absolute Gasteiger partial charge is 0.351 e. The molecule has 0 aliphatic rings. The van der Waals surface area contributed by atoms with Crippen molar-refractivity contribution in [2.45, 2.75) is 25.9 Å². The highest BCUT2D eigenvalue weighted by Gasteiger charge is 2.17. The van der Waals surface area contributed by atoms with E-state index in [0.717, 1.165) is 33.6 Å². The van der Waals surface area contributed by atoms with Gasteiger partial charge in [0.05, 0.1) is 5.75 Å². The van der Waals surface area contributed by atoms with Crippen molar-refractivity contribution >= 4 is 17.5 Å². The van der Waals surface area contributed by atoms with E-state index >= 15 is 0 Å². The molecule has 0 radical (unpaired) electrons. The van der Waals surface area contributed by atoms with Crippen LogP contribution < -0.4 is 0 Å². The molecule has 0 N–H and O–H groups in total. The van der Waals surface area contributed by atoms with E-state index in [4.69, 9.17) is 0 Å². The summed E-state index contributed by atoms with van der Waals surface area (Å²) in [4.78, 5) is 12.6. The fourth-order valence-electron chi connectivity index (χ4n) is 2.66. The molecule has 2 aromatic heterocycles. The first-order chi connectivity index (χ1) is 11.5. The van der Waals surface area contributed by atoms with Gasteiger partial charge in [-0.3, -0.25) is 9.36 Å². The number of carbonyl (C=O) groups is 1. The van der Waals surface area contributed by atoms with Crippen LogP contribution in [0, 0.1) is 20.8 Å². The number of hydrogen-bond donors (Lipinski definition) is 0. The van der Waals surface area contributed by atoms with Crippen LogP contribution in [0.4, 0.5) is 0 Å². The Balaban J connectivity index is 1.81. The average molecular weight is 340 g/mol. The number of ketones is 1. The van der Waals surface area contributed by atoms with Crippen LogP contribution >= 0.6 is 11.8 Å². The van der Waals surface area contributed by atoms with Crippen molar-refractivity contribution in [2.24, 2.45) is 7.05 Å². The van der Waals surface area contributed by atoms with Crippen LogP contribution in [0.5, 0.6) is 0 Å². The molecule has 3 rings (SSSR count). The lowest BCUT2D eigenvalue weighted by Crippen LogP contribution is -2.06.